The smallest absolute Gasteiger partial charge is 0.257 e. The zero-order valence-corrected chi connectivity index (χ0v) is 23.2. The fourth-order valence-corrected chi connectivity index (χ4v) is 5.65. The van der Waals surface area contributed by atoms with Gasteiger partial charge in [0, 0.05) is 20.1 Å². The van der Waals surface area contributed by atoms with E-state index in [1.165, 1.54) is 0 Å². The second-order valence-corrected chi connectivity index (χ2v) is 11.1. The quantitative estimate of drug-likeness (QED) is 0.217. The molecule has 3 aromatic carbocycles. The largest absolute Gasteiger partial charge is 0.493 e. The van der Waals surface area contributed by atoms with Gasteiger partial charge in [0.05, 0.1) is 22.5 Å². The van der Waals surface area contributed by atoms with Crippen molar-refractivity contribution in [1.29, 1.82) is 0 Å². The predicted octanol–water partition coefficient (Wildman–Crippen LogP) is 7.65. The Bertz CT molecular complexity index is 1320. The molecule has 1 heterocycles. The average molecular weight is 619 g/mol. The Morgan fingerprint density at radius 3 is 2.56 bits per heavy atom. The van der Waals surface area contributed by atoms with Crippen molar-refractivity contribution in [3.05, 3.63) is 75.2 Å². The molecular formula is C25H21Br2N3O2S2. The first-order valence-electron chi connectivity index (χ1n) is 10.5. The summed E-state index contributed by atoms with van der Waals surface area (Å²) in [6.07, 6.45) is 0. The van der Waals surface area contributed by atoms with Crippen LogP contribution in [-0.2, 0) is 0 Å². The highest BCUT2D eigenvalue weighted by molar-refractivity contribution is 9.11. The summed E-state index contributed by atoms with van der Waals surface area (Å²) in [6, 6.07) is 18.9. The van der Waals surface area contributed by atoms with Gasteiger partial charge in [-0.1, -0.05) is 41.9 Å². The summed E-state index contributed by atoms with van der Waals surface area (Å²) in [7, 11) is 0. The molecule has 0 spiro atoms. The highest BCUT2D eigenvalue weighted by atomic mass is 79.9. The lowest BCUT2D eigenvalue weighted by Gasteiger charge is -2.15. The van der Waals surface area contributed by atoms with Gasteiger partial charge in [0.1, 0.15) is 10.8 Å². The number of hydrogen-bond acceptors (Lipinski definition) is 5. The van der Waals surface area contributed by atoms with E-state index >= 15 is 0 Å². The number of amides is 1. The van der Waals surface area contributed by atoms with Gasteiger partial charge in [-0.2, -0.15) is 0 Å². The van der Waals surface area contributed by atoms with Gasteiger partial charge in [-0.05, 0) is 82.6 Å². The average Bonchev–Trinajstić information content (AvgIpc) is 3.23. The van der Waals surface area contributed by atoms with Gasteiger partial charge in [-0.15, -0.1) is 11.3 Å². The van der Waals surface area contributed by atoms with E-state index < -0.39 is 0 Å². The minimum Gasteiger partial charge on any atom is -0.493 e. The molecule has 0 atom stereocenters. The molecule has 0 aliphatic rings. The molecule has 0 radical (unpaired) electrons. The van der Waals surface area contributed by atoms with Crippen LogP contribution in [0.4, 0.5) is 5.69 Å². The molecular weight excluding hydrogens is 598 g/mol. The third-order valence-electron chi connectivity index (χ3n) is 4.74. The number of thiazole rings is 1. The summed E-state index contributed by atoms with van der Waals surface area (Å²) >= 11 is 14.2. The lowest BCUT2D eigenvalue weighted by Crippen LogP contribution is -2.34. The zero-order chi connectivity index (χ0) is 24.2. The summed E-state index contributed by atoms with van der Waals surface area (Å²) in [5, 5.41) is 6.95. The molecule has 5 nitrogen and oxygen atoms in total. The number of benzene rings is 3. The molecule has 0 saturated heterocycles. The van der Waals surface area contributed by atoms with Crippen molar-refractivity contribution in [3.63, 3.8) is 0 Å². The Labute approximate surface area is 224 Å². The Morgan fingerprint density at radius 1 is 1.12 bits per heavy atom. The van der Waals surface area contributed by atoms with Crippen LogP contribution < -0.4 is 15.4 Å². The Hall–Kier alpha value is -2.33. The predicted molar refractivity (Wildman–Crippen MR) is 151 cm³/mol. The Balaban J connectivity index is 1.51. The molecule has 0 aliphatic carbocycles. The van der Waals surface area contributed by atoms with Crippen LogP contribution in [-0.4, -0.2) is 22.6 Å². The van der Waals surface area contributed by atoms with Crippen molar-refractivity contribution in [1.82, 2.24) is 10.3 Å². The topological polar surface area (TPSA) is 63.2 Å². The van der Waals surface area contributed by atoms with Gasteiger partial charge in [-0.25, -0.2) is 4.98 Å². The van der Waals surface area contributed by atoms with Crippen LogP contribution in [0.1, 0.15) is 24.2 Å². The lowest BCUT2D eigenvalue weighted by molar-refractivity contribution is 0.0977. The molecule has 0 bridgehead atoms. The van der Waals surface area contributed by atoms with E-state index in [1.807, 2.05) is 36.4 Å². The van der Waals surface area contributed by atoms with E-state index in [9.17, 15) is 4.79 Å². The first-order valence-corrected chi connectivity index (χ1v) is 13.3. The number of anilines is 1. The van der Waals surface area contributed by atoms with E-state index in [2.05, 4.69) is 56.3 Å². The van der Waals surface area contributed by atoms with Crippen LogP contribution in [0.3, 0.4) is 0 Å². The van der Waals surface area contributed by atoms with Gasteiger partial charge in [-0.3, -0.25) is 10.1 Å². The number of nitrogens with one attached hydrogen (secondary N) is 2. The molecule has 34 heavy (non-hydrogen) atoms. The van der Waals surface area contributed by atoms with E-state index in [1.54, 1.807) is 35.6 Å². The second-order valence-electron chi connectivity index (χ2n) is 7.93. The maximum absolute atomic E-state index is 12.7. The van der Waals surface area contributed by atoms with Crippen molar-refractivity contribution in [2.24, 2.45) is 5.92 Å². The molecule has 4 rings (SSSR count). The number of rotatable bonds is 6. The summed E-state index contributed by atoms with van der Waals surface area (Å²) < 4.78 is 8.46. The maximum atomic E-state index is 12.7. The van der Waals surface area contributed by atoms with Crippen LogP contribution >= 0.6 is 55.4 Å². The number of nitrogens with zero attached hydrogens (tertiary/aromatic N) is 1. The molecule has 2 N–H and O–H groups in total. The summed E-state index contributed by atoms with van der Waals surface area (Å²) in [5.41, 5.74) is 3.01. The van der Waals surface area contributed by atoms with Crippen molar-refractivity contribution in [2.75, 3.05) is 11.9 Å². The third-order valence-corrected chi connectivity index (χ3v) is 7.10. The van der Waals surface area contributed by atoms with Crippen LogP contribution in [0, 0.1) is 5.92 Å². The summed E-state index contributed by atoms with van der Waals surface area (Å²) in [4.78, 5) is 17.5. The number of aromatic nitrogens is 1. The van der Waals surface area contributed by atoms with Crippen LogP contribution in [0.5, 0.6) is 5.75 Å². The van der Waals surface area contributed by atoms with Crippen molar-refractivity contribution in [3.8, 4) is 16.3 Å². The number of halogens is 2. The highest BCUT2D eigenvalue weighted by Crippen LogP contribution is 2.40. The van der Waals surface area contributed by atoms with Gasteiger partial charge >= 0.3 is 0 Å². The molecule has 0 aliphatic heterocycles. The first kappa shape index (κ1) is 24.8. The van der Waals surface area contributed by atoms with E-state index in [0.29, 0.717) is 18.1 Å². The monoisotopic (exact) mass is 617 g/mol. The fourth-order valence-electron chi connectivity index (χ4n) is 3.14. The minimum absolute atomic E-state index is 0.190. The van der Waals surface area contributed by atoms with Gasteiger partial charge in [0.15, 0.2) is 5.11 Å². The zero-order valence-electron chi connectivity index (χ0n) is 18.4. The first-order chi connectivity index (χ1) is 16.3. The van der Waals surface area contributed by atoms with Crippen molar-refractivity contribution in [2.45, 2.75) is 13.8 Å². The normalized spacial score (nSPS) is 11.0. The molecule has 174 valence electrons. The van der Waals surface area contributed by atoms with Crippen molar-refractivity contribution >= 4 is 82.3 Å². The molecule has 9 heteroatoms. The standard InChI is InChI=1S/C25H21Br2N3O2S2/c1-14(2)13-32-17-9-7-15(8-10-17)23(31)30-25(33)29-22-18(11-16(26)12-19(22)27)24-28-20-5-3-4-6-21(20)34-24/h3-12,14H,13H2,1-2H3,(H2,29,30,31,33). The lowest BCUT2D eigenvalue weighted by atomic mass is 10.2. The third kappa shape index (κ3) is 6.02. The maximum Gasteiger partial charge on any atom is 0.257 e. The van der Waals surface area contributed by atoms with Crippen LogP contribution in [0.25, 0.3) is 20.8 Å². The Morgan fingerprint density at radius 2 is 1.85 bits per heavy atom. The van der Waals surface area contributed by atoms with Crippen LogP contribution in [0.2, 0.25) is 0 Å². The number of carbonyl (C=O) groups excluding carboxylic acids is 1. The van der Waals surface area contributed by atoms with Gasteiger partial charge in [0.2, 0.25) is 0 Å². The molecule has 0 unspecified atom stereocenters. The van der Waals surface area contributed by atoms with Crippen molar-refractivity contribution < 1.29 is 9.53 Å². The number of thiocarbonyl (C=S) groups is 1. The molecule has 1 aromatic heterocycles. The van der Waals surface area contributed by atoms with Crippen LogP contribution in [0.15, 0.2) is 69.6 Å². The molecule has 0 saturated carbocycles. The second kappa shape index (κ2) is 10.9. The van der Waals surface area contributed by atoms with E-state index in [-0.39, 0.29) is 11.0 Å². The van der Waals surface area contributed by atoms with Gasteiger partial charge < -0.3 is 10.1 Å². The number of fused-ring (bicyclic) bond motifs is 1. The van der Waals surface area contributed by atoms with E-state index in [4.69, 9.17) is 21.9 Å². The molecule has 1 amide bonds. The number of ether oxygens (including phenoxy) is 1. The minimum atomic E-state index is -0.303. The SMILES string of the molecule is CC(C)COc1ccc(C(=O)NC(=S)Nc2c(Br)cc(Br)cc2-c2nc3ccccc3s2)cc1. The van der Waals surface area contributed by atoms with E-state index in [0.717, 1.165) is 41.2 Å². The Kier molecular flexibility index (Phi) is 7.98. The highest BCUT2D eigenvalue weighted by Gasteiger charge is 2.17. The number of hydrogen-bond donors (Lipinski definition) is 2. The fraction of sp³-hybridized carbons (Fsp3) is 0.160. The molecule has 4 aromatic rings. The number of para-hydroxylation sites is 1. The summed E-state index contributed by atoms with van der Waals surface area (Å²) in [6.45, 7) is 4.79. The number of carbonyl (C=O) groups is 1. The molecule has 0 fully saturated rings. The van der Waals surface area contributed by atoms with Gasteiger partial charge in [0.25, 0.3) is 5.91 Å². The summed E-state index contributed by atoms with van der Waals surface area (Å²) in [5.74, 6) is 0.852.